The van der Waals surface area contributed by atoms with Crippen molar-refractivity contribution >= 4 is 0 Å². The zero-order valence-electron chi connectivity index (χ0n) is 7.05. The quantitative estimate of drug-likeness (QED) is 0.383. The van der Waals surface area contributed by atoms with Crippen molar-refractivity contribution in [3.63, 3.8) is 0 Å². The van der Waals surface area contributed by atoms with Crippen LogP contribution in [-0.2, 0) is 4.74 Å². The van der Waals surface area contributed by atoms with Gasteiger partial charge >= 0.3 is 0 Å². The van der Waals surface area contributed by atoms with E-state index in [9.17, 15) is 5.11 Å². The van der Waals surface area contributed by atoms with Crippen LogP contribution < -0.4 is 0 Å². The summed E-state index contributed by atoms with van der Waals surface area (Å²) < 4.78 is 4.90. The van der Waals surface area contributed by atoms with Crippen molar-refractivity contribution in [1.29, 1.82) is 0 Å². The van der Waals surface area contributed by atoms with E-state index in [1.807, 2.05) is 0 Å². The Bertz CT molecular complexity index is 108. The summed E-state index contributed by atoms with van der Waals surface area (Å²) in [5, 5.41) is 35.3. The number of hydrogen-bond donors (Lipinski definition) is 4. The number of aliphatic hydroxyl groups excluding tert-OH is 4. The van der Waals surface area contributed by atoms with Crippen molar-refractivity contribution in [2.24, 2.45) is 0 Å². The fourth-order valence-electron chi connectivity index (χ4n) is 0.829. The van der Waals surface area contributed by atoms with E-state index in [1.165, 1.54) is 0 Å². The van der Waals surface area contributed by atoms with E-state index in [2.05, 4.69) is 0 Å². The number of ether oxygens (including phenoxy) is 1. The van der Waals surface area contributed by atoms with Crippen LogP contribution in [0.25, 0.3) is 0 Å². The highest BCUT2D eigenvalue weighted by atomic mass is 16.5. The lowest BCUT2D eigenvalue weighted by atomic mass is 10.1. The summed E-state index contributed by atoms with van der Waals surface area (Å²) in [6.45, 7) is 1.11. The predicted octanol–water partition coefficient (Wildman–Crippen LogP) is -1.90. The van der Waals surface area contributed by atoms with Gasteiger partial charge in [-0.05, 0) is 6.92 Å². The third kappa shape index (κ3) is 3.46. The summed E-state index contributed by atoms with van der Waals surface area (Å²) in [4.78, 5) is 0. The third-order valence-corrected chi connectivity index (χ3v) is 1.52. The topological polar surface area (TPSA) is 90.2 Å². The van der Waals surface area contributed by atoms with Crippen molar-refractivity contribution in [2.45, 2.75) is 25.2 Å². The van der Waals surface area contributed by atoms with Gasteiger partial charge in [0.05, 0.1) is 13.2 Å². The van der Waals surface area contributed by atoms with Crippen molar-refractivity contribution in [3.05, 3.63) is 0 Å². The van der Waals surface area contributed by atoms with Gasteiger partial charge in [0.25, 0.3) is 0 Å². The molecule has 3 atom stereocenters. The van der Waals surface area contributed by atoms with Gasteiger partial charge in [0.1, 0.15) is 18.3 Å². The summed E-state index contributed by atoms with van der Waals surface area (Å²) >= 11 is 0. The predicted molar refractivity (Wildman–Crippen MR) is 41.6 cm³/mol. The monoisotopic (exact) mass is 180 g/mol. The minimum Gasteiger partial charge on any atom is -0.394 e. The maximum atomic E-state index is 9.21. The van der Waals surface area contributed by atoms with Crippen molar-refractivity contribution in [1.82, 2.24) is 0 Å². The molecule has 0 rings (SSSR count). The van der Waals surface area contributed by atoms with Gasteiger partial charge in [-0.3, -0.25) is 0 Å². The Balaban J connectivity index is 3.91. The summed E-state index contributed by atoms with van der Waals surface area (Å²) in [6, 6.07) is 0. The van der Waals surface area contributed by atoms with Gasteiger partial charge in [0, 0.05) is 6.61 Å². The van der Waals surface area contributed by atoms with Gasteiger partial charge in [0.15, 0.2) is 0 Å². The third-order valence-electron chi connectivity index (χ3n) is 1.52. The molecule has 0 heterocycles. The van der Waals surface area contributed by atoms with Gasteiger partial charge in [0.2, 0.25) is 0 Å². The highest BCUT2D eigenvalue weighted by Crippen LogP contribution is 2.03. The standard InChI is InChI=1S/C7H16O5/c1-2-12-6(4-9)7(11)5(10)3-8/h5-11H,2-4H2,1H3. The lowest BCUT2D eigenvalue weighted by molar-refractivity contribution is -0.114. The van der Waals surface area contributed by atoms with Crippen molar-refractivity contribution in [3.8, 4) is 0 Å². The molecule has 0 aliphatic rings. The summed E-state index contributed by atoms with van der Waals surface area (Å²) in [6.07, 6.45) is -3.36. The molecule has 0 amide bonds. The largest absolute Gasteiger partial charge is 0.394 e. The summed E-state index contributed by atoms with van der Waals surface area (Å²) in [5.41, 5.74) is 0. The molecule has 0 saturated carbocycles. The average molecular weight is 180 g/mol. The van der Waals surface area contributed by atoms with E-state index in [0.717, 1.165) is 0 Å². The zero-order chi connectivity index (χ0) is 9.56. The number of aliphatic hydroxyl groups is 4. The molecule has 0 aliphatic carbocycles. The first kappa shape index (κ1) is 11.8. The second kappa shape index (κ2) is 6.33. The van der Waals surface area contributed by atoms with Crippen LogP contribution >= 0.6 is 0 Å². The Hall–Kier alpha value is -0.200. The first-order valence-electron chi connectivity index (χ1n) is 3.86. The number of hydrogen-bond acceptors (Lipinski definition) is 5. The maximum absolute atomic E-state index is 9.21. The van der Waals surface area contributed by atoms with Crippen LogP contribution in [0, 0.1) is 0 Å². The summed E-state index contributed by atoms with van der Waals surface area (Å²) in [7, 11) is 0. The fourth-order valence-corrected chi connectivity index (χ4v) is 0.829. The first-order valence-corrected chi connectivity index (χ1v) is 3.86. The van der Waals surface area contributed by atoms with Crippen LogP contribution in [0.15, 0.2) is 0 Å². The zero-order valence-corrected chi connectivity index (χ0v) is 7.05. The molecule has 0 saturated heterocycles. The van der Waals surface area contributed by atoms with E-state index in [-0.39, 0.29) is 6.61 Å². The van der Waals surface area contributed by atoms with Crippen molar-refractivity contribution in [2.75, 3.05) is 19.8 Å². The Morgan fingerprint density at radius 3 is 2.08 bits per heavy atom. The smallest absolute Gasteiger partial charge is 0.110 e. The Morgan fingerprint density at radius 1 is 1.17 bits per heavy atom. The first-order chi connectivity index (χ1) is 5.67. The van der Waals surface area contributed by atoms with Crippen LogP contribution in [0.2, 0.25) is 0 Å². The lowest BCUT2D eigenvalue weighted by Gasteiger charge is -2.23. The van der Waals surface area contributed by atoms with Crippen LogP contribution in [-0.4, -0.2) is 58.6 Å². The molecule has 4 N–H and O–H groups in total. The van der Waals surface area contributed by atoms with Crippen LogP contribution in [0.5, 0.6) is 0 Å². The average Bonchev–Trinajstić information content (AvgIpc) is 2.11. The Morgan fingerprint density at radius 2 is 1.75 bits per heavy atom. The minimum absolute atomic E-state index is 0.334. The molecule has 3 unspecified atom stereocenters. The molecule has 0 radical (unpaired) electrons. The van der Waals surface area contributed by atoms with Gasteiger partial charge in [-0.2, -0.15) is 0 Å². The molecular formula is C7H16O5. The molecule has 0 fully saturated rings. The van der Waals surface area contributed by atoms with Gasteiger partial charge in [-0.15, -0.1) is 0 Å². The summed E-state index contributed by atoms with van der Waals surface area (Å²) in [5.74, 6) is 0. The molecule has 0 spiro atoms. The SMILES string of the molecule is CCOC(CO)C(O)C(O)CO. The maximum Gasteiger partial charge on any atom is 0.110 e. The Labute approximate surface area is 71.2 Å². The normalized spacial score (nSPS) is 18.8. The molecule has 0 aromatic rings. The van der Waals surface area contributed by atoms with Gasteiger partial charge in [-0.1, -0.05) is 0 Å². The highest BCUT2D eigenvalue weighted by Gasteiger charge is 2.25. The minimum atomic E-state index is -1.27. The fraction of sp³-hybridized carbons (Fsp3) is 1.00. The van der Waals surface area contributed by atoms with Gasteiger partial charge < -0.3 is 25.2 Å². The molecule has 0 aromatic carbocycles. The van der Waals surface area contributed by atoms with Crippen LogP contribution in [0.1, 0.15) is 6.92 Å². The Kier molecular flexibility index (Phi) is 6.23. The molecule has 5 nitrogen and oxygen atoms in total. The molecule has 0 bridgehead atoms. The van der Waals surface area contributed by atoms with E-state index in [1.54, 1.807) is 6.92 Å². The van der Waals surface area contributed by atoms with E-state index in [0.29, 0.717) is 6.61 Å². The second-order valence-corrected chi connectivity index (χ2v) is 2.42. The van der Waals surface area contributed by atoms with E-state index >= 15 is 0 Å². The van der Waals surface area contributed by atoms with Crippen molar-refractivity contribution < 1.29 is 25.2 Å². The molecular weight excluding hydrogens is 164 g/mol. The highest BCUT2D eigenvalue weighted by molar-refractivity contribution is 4.75. The van der Waals surface area contributed by atoms with Gasteiger partial charge in [-0.25, -0.2) is 0 Å². The molecule has 74 valence electrons. The second-order valence-electron chi connectivity index (χ2n) is 2.42. The van der Waals surface area contributed by atoms with Crippen LogP contribution in [0.3, 0.4) is 0 Å². The van der Waals surface area contributed by atoms with E-state index in [4.69, 9.17) is 20.1 Å². The molecule has 0 aromatic heterocycles. The molecule has 12 heavy (non-hydrogen) atoms. The van der Waals surface area contributed by atoms with E-state index < -0.39 is 24.9 Å². The molecule has 5 heteroatoms. The molecule has 0 aliphatic heterocycles. The number of rotatable bonds is 6. The van der Waals surface area contributed by atoms with Crippen LogP contribution in [0.4, 0.5) is 0 Å². The lowest BCUT2D eigenvalue weighted by Crippen LogP contribution is -2.43.